The lowest BCUT2D eigenvalue weighted by atomic mass is 9.86. The zero-order valence-corrected chi connectivity index (χ0v) is 14.3. The fourth-order valence-electron chi connectivity index (χ4n) is 3.38. The quantitative estimate of drug-likeness (QED) is 0.617. The van der Waals surface area contributed by atoms with Crippen LogP contribution in [0.1, 0.15) is 23.1 Å². The minimum atomic E-state index is -1.54. The summed E-state index contributed by atoms with van der Waals surface area (Å²) in [6.07, 6.45) is 0.362. The molecule has 1 aromatic rings. The average Bonchev–Trinajstić information content (AvgIpc) is 2.84. The number of carboxylic acid groups (broad SMARTS) is 1. The van der Waals surface area contributed by atoms with Gasteiger partial charge in [-0.3, -0.25) is 0 Å². The highest BCUT2D eigenvalue weighted by molar-refractivity contribution is 6.21. The van der Waals surface area contributed by atoms with Crippen LogP contribution in [-0.2, 0) is 25.5 Å². The van der Waals surface area contributed by atoms with Gasteiger partial charge in [0.1, 0.15) is 11.3 Å². The minimum Gasteiger partial charge on any atom is -0.506 e. The molecule has 1 aliphatic carbocycles. The van der Waals surface area contributed by atoms with Crippen LogP contribution in [0.2, 0.25) is 0 Å². The Hall–Kier alpha value is -3.29. The molecule has 0 fully saturated rings. The summed E-state index contributed by atoms with van der Waals surface area (Å²) in [6.45, 7) is 1.64. The maximum absolute atomic E-state index is 12.0. The molecule has 0 aromatic heterocycles. The zero-order valence-electron chi connectivity index (χ0n) is 14.3. The van der Waals surface area contributed by atoms with Gasteiger partial charge >= 0.3 is 17.9 Å². The van der Waals surface area contributed by atoms with Crippen molar-refractivity contribution < 1.29 is 38.8 Å². The van der Waals surface area contributed by atoms with Gasteiger partial charge in [0.05, 0.1) is 25.4 Å². The molecule has 0 saturated carbocycles. The van der Waals surface area contributed by atoms with Crippen molar-refractivity contribution >= 4 is 23.7 Å². The van der Waals surface area contributed by atoms with E-state index in [0.29, 0.717) is 22.6 Å². The van der Waals surface area contributed by atoms with Gasteiger partial charge in [0, 0.05) is 11.1 Å². The molecular formula is C18H16O8. The van der Waals surface area contributed by atoms with Gasteiger partial charge in [-0.2, -0.15) is 0 Å². The molecule has 1 aromatic carbocycles. The number of benzene rings is 1. The standard InChI is InChI=1S/C18H16O8/c1-7-11-8(6-10(24-2)15(7)25-3)4-5-9-12(18(23)26-17(9)22)13(14(11)19)16(20)21/h6,19H,4-5H2,1-3H3,(H,20,21). The number of methoxy groups -OCH3 is 2. The molecule has 0 radical (unpaired) electrons. The van der Waals surface area contributed by atoms with Crippen LogP contribution in [0.15, 0.2) is 22.8 Å². The fourth-order valence-corrected chi connectivity index (χ4v) is 3.38. The third kappa shape index (κ3) is 2.42. The van der Waals surface area contributed by atoms with Gasteiger partial charge in [-0.15, -0.1) is 0 Å². The van der Waals surface area contributed by atoms with E-state index >= 15 is 0 Å². The van der Waals surface area contributed by atoms with Crippen LogP contribution in [0.5, 0.6) is 11.5 Å². The summed E-state index contributed by atoms with van der Waals surface area (Å²) in [7, 11) is 2.88. The van der Waals surface area contributed by atoms with E-state index in [4.69, 9.17) is 9.47 Å². The molecule has 3 rings (SSSR count). The Morgan fingerprint density at radius 3 is 2.42 bits per heavy atom. The number of rotatable bonds is 3. The number of carboxylic acids is 1. The van der Waals surface area contributed by atoms with Gasteiger partial charge < -0.3 is 24.4 Å². The number of aliphatic hydroxyl groups excluding tert-OH is 1. The maximum atomic E-state index is 12.0. The highest BCUT2D eigenvalue weighted by Crippen LogP contribution is 2.42. The number of hydrogen-bond acceptors (Lipinski definition) is 7. The molecule has 2 N–H and O–H groups in total. The van der Waals surface area contributed by atoms with Gasteiger partial charge in [-0.05, 0) is 31.4 Å². The molecule has 0 amide bonds. The largest absolute Gasteiger partial charge is 0.506 e. The van der Waals surface area contributed by atoms with Crippen LogP contribution in [0.3, 0.4) is 0 Å². The lowest BCUT2D eigenvalue weighted by Crippen LogP contribution is -2.16. The van der Waals surface area contributed by atoms with E-state index in [-0.39, 0.29) is 24.0 Å². The third-order valence-electron chi connectivity index (χ3n) is 4.51. The molecule has 2 aliphatic rings. The number of carbonyl (C=O) groups excluding carboxylic acids is 2. The molecule has 8 heteroatoms. The van der Waals surface area contributed by atoms with E-state index in [0.717, 1.165) is 0 Å². The van der Waals surface area contributed by atoms with Crippen LogP contribution >= 0.6 is 0 Å². The second-order valence-electron chi connectivity index (χ2n) is 5.83. The molecule has 0 atom stereocenters. The van der Waals surface area contributed by atoms with Crippen molar-refractivity contribution in [3.8, 4) is 11.5 Å². The van der Waals surface area contributed by atoms with Crippen LogP contribution in [-0.4, -0.2) is 42.3 Å². The molecular weight excluding hydrogens is 344 g/mol. The predicted octanol–water partition coefficient (Wildman–Crippen LogP) is 1.69. The Balaban J connectivity index is 2.40. The van der Waals surface area contributed by atoms with Crippen molar-refractivity contribution in [2.45, 2.75) is 19.8 Å². The molecule has 0 unspecified atom stereocenters. The van der Waals surface area contributed by atoms with E-state index in [2.05, 4.69) is 4.74 Å². The molecule has 136 valence electrons. The Labute approximate surface area is 148 Å². The monoisotopic (exact) mass is 360 g/mol. The average molecular weight is 360 g/mol. The number of fused-ring (bicyclic) bond motifs is 1. The van der Waals surface area contributed by atoms with Crippen LogP contribution in [0.25, 0.3) is 5.76 Å². The van der Waals surface area contributed by atoms with E-state index in [1.165, 1.54) is 14.2 Å². The number of carbonyl (C=O) groups is 3. The molecule has 26 heavy (non-hydrogen) atoms. The van der Waals surface area contributed by atoms with Crippen molar-refractivity contribution in [2.24, 2.45) is 0 Å². The molecule has 0 bridgehead atoms. The lowest BCUT2D eigenvalue weighted by molar-refractivity contribution is -0.151. The predicted molar refractivity (Wildman–Crippen MR) is 87.9 cm³/mol. The van der Waals surface area contributed by atoms with Crippen molar-refractivity contribution in [3.63, 3.8) is 0 Å². The Morgan fingerprint density at radius 1 is 1.15 bits per heavy atom. The van der Waals surface area contributed by atoms with Crippen molar-refractivity contribution in [1.82, 2.24) is 0 Å². The van der Waals surface area contributed by atoms with Crippen molar-refractivity contribution in [3.05, 3.63) is 39.5 Å². The second kappa shape index (κ2) is 6.21. The van der Waals surface area contributed by atoms with E-state index in [1.807, 2.05) is 0 Å². The fraction of sp³-hybridized carbons (Fsp3) is 0.278. The first-order valence-electron chi connectivity index (χ1n) is 7.73. The van der Waals surface area contributed by atoms with Gasteiger partial charge in [0.15, 0.2) is 11.5 Å². The maximum Gasteiger partial charge on any atom is 0.347 e. The Morgan fingerprint density at radius 2 is 1.85 bits per heavy atom. The highest BCUT2D eigenvalue weighted by atomic mass is 16.6. The summed E-state index contributed by atoms with van der Waals surface area (Å²) in [5, 5.41) is 20.4. The molecule has 1 heterocycles. The number of esters is 2. The second-order valence-corrected chi connectivity index (χ2v) is 5.83. The third-order valence-corrected chi connectivity index (χ3v) is 4.51. The van der Waals surface area contributed by atoms with Gasteiger partial charge in [-0.25, -0.2) is 14.4 Å². The number of aliphatic carboxylic acids is 1. The zero-order chi connectivity index (χ0) is 19.2. The van der Waals surface area contributed by atoms with Crippen molar-refractivity contribution in [2.75, 3.05) is 14.2 Å². The van der Waals surface area contributed by atoms with Gasteiger partial charge in [-0.1, -0.05) is 0 Å². The first-order valence-corrected chi connectivity index (χ1v) is 7.73. The van der Waals surface area contributed by atoms with E-state index < -0.39 is 34.8 Å². The van der Waals surface area contributed by atoms with Gasteiger partial charge in [0.2, 0.25) is 0 Å². The lowest BCUT2D eigenvalue weighted by Gasteiger charge is -2.21. The SMILES string of the molecule is COc1cc2c(c(C)c1OC)C(O)=C(C(=O)O)C1=C(CC2)C(=O)OC1=O. The number of aliphatic hydroxyl groups is 1. The molecule has 1 aliphatic heterocycles. The highest BCUT2D eigenvalue weighted by Gasteiger charge is 2.41. The summed E-state index contributed by atoms with van der Waals surface area (Å²) in [5.41, 5.74) is 0.137. The molecule has 0 spiro atoms. The normalized spacial score (nSPS) is 16.6. The minimum absolute atomic E-state index is 0.0583. The molecule has 8 nitrogen and oxygen atoms in total. The topological polar surface area (TPSA) is 119 Å². The number of ether oxygens (including phenoxy) is 3. The van der Waals surface area contributed by atoms with Crippen LogP contribution in [0.4, 0.5) is 0 Å². The summed E-state index contributed by atoms with van der Waals surface area (Å²) >= 11 is 0. The Kier molecular flexibility index (Phi) is 4.19. The number of cyclic esters (lactones) is 2. The van der Waals surface area contributed by atoms with E-state index in [1.54, 1.807) is 13.0 Å². The van der Waals surface area contributed by atoms with E-state index in [9.17, 15) is 24.6 Å². The van der Waals surface area contributed by atoms with Crippen LogP contribution in [0, 0.1) is 6.92 Å². The first-order chi connectivity index (χ1) is 12.3. The molecule has 0 saturated heterocycles. The number of aryl methyl sites for hydroxylation is 1. The summed E-state index contributed by atoms with van der Waals surface area (Å²) in [6, 6.07) is 1.62. The Bertz CT molecular complexity index is 920. The summed E-state index contributed by atoms with van der Waals surface area (Å²) in [4.78, 5) is 35.7. The van der Waals surface area contributed by atoms with Gasteiger partial charge in [0.25, 0.3) is 0 Å². The summed E-state index contributed by atoms with van der Waals surface area (Å²) < 4.78 is 15.2. The number of hydrogen-bond donors (Lipinski definition) is 2. The summed E-state index contributed by atoms with van der Waals surface area (Å²) in [5.74, 6) is -3.38. The van der Waals surface area contributed by atoms with Crippen molar-refractivity contribution in [1.29, 1.82) is 0 Å². The smallest absolute Gasteiger partial charge is 0.347 e. The van der Waals surface area contributed by atoms with Crippen LogP contribution < -0.4 is 9.47 Å². The first kappa shape index (κ1) is 17.5.